The monoisotopic (exact) mass is 360 g/mol. The number of benzene rings is 1. The molecule has 2 heterocycles. The molecule has 1 aliphatic rings. The Labute approximate surface area is 152 Å². The van der Waals surface area contributed by atoms with Crippen LogP contribution in [0.3, 0.4) is 0 Å². The first kappa shape index (κ1) is 18.3. The Morgan fingerprint density at radius 1 is 1.35 bits per heavy atom. The van der Waals surface area contributed by atoms with E-state index >= 15 is 0 Å². The van der Waals surface area contributed by atoms with Gasteiger partial charge < -0.3 is 20.4 Å². The summed E-state index contributed by atoms with van der Waals surface area (Å²) in [5, 5.41) is 3.10. The van der Waals surface area contributed by atoms with E-state index in [0.29, 0.717) is 18.2 Å². The number of hydrogen-bond acceptors (Lipinski definition) is 4. The minimum absolute atomic E-state index is 0.312. The molecule has 8 heteroatoms. The number of ether oxygens (including phenoxy) is 1. The van der Waals surface area contributed by atoms with Crippen LogP contribution in [0, 0.1) is 5.82 Å². The third-order valence-electron chi connectivity index (χ3n) is 4.29. The van der Waals surface area contributed by atoms with Crippen LogP contribution in [0.5, 0.6) is 0 Å². The molecule has 0 aliphatic carbocycles. The number of rotatable bonds is 7. The summed E-state index contributed by atoms with van der Waals surface area (Å²) in [6.07, 6.45) is 5.87. The predicted molar refractivity (Wildman–Crippen MR) is 98.7 cm³/mol. The summed E-state index contributed by atoms with van der Waals surface area (Å²) in [6, 6.07) is 5.03. The lowest BCUT2D eigenvalue weighted by Gasteiger charge is -2.26. The molecular formula is C18H25FN6O. The van der Waals surface area contributed by atoms with Crippen molar-refractivity contribution in [1.29, 1.82) is 0 Å². The highest BCUT2D eigenvalue weighted by molar-refractivity contribution is 5.77. The van der Waals surface area contributed by atoms with Gasteiger partial charge in [0.25, 0.3) is 0 Å². The fourth-order valence-corrected chi connectivity index (χ4v) is 2.84. The molecular weight excluding hydrogens is 335 g/mol. The van der Waals surface area contributed by atoms with Crippen molar-refractivity contribution < 1.29 is 9.13 Å². The lowest BCUT2D eigenvalue weighted by molar-refractivity contribution is 0.0376. The van der Waals surface area contributed by atoms with Gasteiger partial charge >= 0.3 is 0 Å². The topological polar surface area (TPSA) is 80.7 Å². The molecule has 140 valence electrons. The van der Waals surface area contributed by atoms with Gasteiger partial charge in [0, 0.05) is 32.0 Å². The third-order valence-corrected chi connectivity index (χ3v) is 4.29. The first-order chi connectivity index (χ1) is 12.7. The zero-order valence-corrected chi connectivity index (χ0v) is 14.8. The molecule has 0 spiro atoms. The number of nitrogens with one attached hydrogen (secondary N) is 1. The van der Waals surface area contributed by atoms with Crippen LogP contribution in [0.25, 0.3) is 5.69 Å². The maximum atomic E-state index is 14.2. The van der Waals surface area contributed by atoms with E-state index in [1.165, 1.54) is 6.07 Å². The van der Waals surface area contributed by atoms with E-state index in [1.54, 1.807) is 29.4 Å². The van der Waals surface area contributed by atoms with E-state index in [4.69, 9.17) is 10.5 Å². The molecule has 1 saturated heterocycles. The van der Waals surface area contributed by atoms with Gasteiger partial charge in [0.15, 0.2) is 5.96 Å². The molecule has 0 radical (unpaired) electrons. The number of halogens is 1. The van der Waals surface area contributed by atoms with Gasteiger partial charge in [-0.1, -0.05) is 6.07 Å². The highest BCUT2D eigenvalue weighted by Crippen LogP contribution is 2.15. The first-order valence-corrected chi connectivity index (χ1v) is 8.83. The van der Waals surface area contributed by atoms with Crippen molar-refractivity contribution in [1.82, 2.24) is 19.8 Å². The minimum atomic E-state index is -0.312. The summed E-state index contributed by atoms with van der Waals surface area (Å²) < 4.78 is 21.2. The molecule has 0 unspecified atom stereocenters. The van der Waals surface area contributed by atoms with Crippen LogP contribution in [0.1, 0.15) is 12.0 Å². The fourth-order valence-electron chi connectivity index (χ4n) is 2.84. The van der Waals surface area contributed by atoms with E-state index in [9.17, 15) is 4.39 Å². The second-order valence-corrected chi connectivity index (χ2v) is 6.19. The van der Waals surface area contributed by atoms with Crippen LogP contribution in [-0.2, 0) is 11.3 Å². The third kappa shape index (κ3) is 5.27. The standard InChI is InChI=1S/C18H25FN6O/c19-16-12-15(2-3-17(16)25-7-5-21-14-25)13-23-18(20)22-4-1-6-24-8-10-26-11-9-24/h2-3,5,7,12,14H,1,4,6,8-11,13H2,(H3,20,22,23). The van der Waals surface area contributed by atoms with Crippen molar-refractivity contribution in [2.45, 2.75) is 13.0 Å². The maximum Gasteiger partial charge on any atom is 0.188 e. The van der Waals surface area contributed by atoms with Gasteiger partial charge in [-0.25, -0.2) is 14.4 Å². The Morgan fingerprint density at radius 2 is 2.19 bits per heavy atom. The quantitative estimate of drug-likeness (QED) is 0.440. The summed E-state index contributed by atoms with van der Waals surface area (Å²) in [5.41, 5.74) is 7.12. The minimum Gasteiger partial charge on any atom is -0.379 e. The largest absolute Gasteiger partial charge is 0.379 e. The van der Waals surface area contributed by atoms with E-state index in [-0.39, 0.29) is 5.82 Å². The van der Waals surface area contributed by atoms with Crippen molar-refractivity contribution in [3.8, 4) is 5.69 Å². The SMILES string of the molecule is NC(=NCc1ccc(-n2ccnc2)c(F)c1)NCCCN1CCOCC1. The lowest BCUT2D eigenvalue weighted by Crippen LogP contribution is -2.39. The molecule has 1 fully saturated rings. The van der Waals surface area contributed by atoms with Crippen molar-refractivity contribution in [2.75, 3.05) is 39.4 Å². The number of imidazole rings is 1. The summed E-state index contributed by atoms with van der Waals surface area (Å²) in [4.78, 5) is 10.6. The van der Waals surface area contributed by atoms with E-state index in [1.807, 2.05) is 6.07 Å². The zero-order chi connectivity index (χ0) is 18.2. The number of aliphatic imine (C=N–C) groups is 1. The Hall–Kier alpha value is -2.45. The molecule has 2 aromatic rings. The average molecular weight is 360 g/mol. The van der Waals surface area contributed by atoms with E-state index in [0.717, 1.165) is 51.4 Å². The molecule has 7 nitrogen and oxygen atoms in total. The van der Waals surface area contributed by atoms with Gasteiger partial charge in [-0.3, -0.25) is 4.90 Å². The van der Waals surface area contributed by atoms with Crippen molar-refractivity contribution in [2.24, 2.45) is 10.7 Å². The van der Waals surface area contributed by atoms with Gasteiger partial charge in [-0.05, 0) is 30.7 Å². The van der Waals surface area contributed by atoms with Gasteiger partial charge in [0.05, 0.1) is 31.8 Å². The summed E-state index contributed by atoms with van der Waals surface area (Å²) in [6.45, 7) is 5.73. The van der Waals surface area contributed by atoms with Crippen LogP contribution in [0.2, 0.25) is 0 Å². The number of hydrogen-bond donors (Lipinski definition) is 2. The van der Waals surface area contributed by atoms with Gasteiger partial charge in [-0.15, -0.1) is 0 Å². The Morgan fingerprint density at radius 3 is 2.92 bits per heavy atom. The van der Waals surface area contributed by atoms with Crippen LogP contribution < -0.4 is 11.1 Å². The molecule has 0 saturated carbocycles. The molecule has 0 atom stereocenters. The second-order valence-electron chi connectivity index (χ2n) is 6.19. The molecule has 0 amide bonds. The molecule has 0 bridgehead atoms. The normalized spacial score (nSPS) is 16.0. The predicted octanol–water partition coefficient (Wildman–Crippen LogP) is 1.14. The molecule has 1 aliphatic heterocycles. The van der Waals surface area contributed by atoms with E-state index in [2.05, 4.69) is 20.2 Å². The zero-order valence-electron chi connectivity index (χ0n) is 14.8. The number of morpholine rings is 1. The number of aromatic nitrogens is 2. The Balaban J connectivity index is 1.42. The van der Waals surface area contributed by atoms with Crippen molar-refractivity contribution >= 4 is 5.96 Å². The highest BCUT2D eigenvalue weighted by atomic mass is 19.1. The van der Waals surface area contributed by atoms with Gasteiger partial charge in [-0.2, -0.15) is 0 Å². The van der Waals surface area contributed by atoms with Crippen LogP contribution in [-0.4, -0.2) is 59.8 Å². The molecule has 1 aromatic heterocycles. The molecule has 3 N–H and O–H groups in total. The molecule has 3 rings (SSSR count). The Kier molecular flexibility index (Phi) is 6.56. The average Bonchev–Trinajstić information content (AvgIpc) is 3.19. The van der Waals surface area contributed by atoms with Crippen molar-refractivity contribution in [3.05, 3.63) is 48.3 Å². The smallest absolute Gasteiger partial charge is 0.188 e. The number of nitrogens with two attached hydrogens (primary N) is 1. The highest BCUT2D eigenvalue weighted by Gasteiger charge is 2.09. The summed E-state index contributed by atoms with van der Waals surface area (Å²) in [7, 11) is 0. The summed E-state index contributed by atoms with van der Waals surface area (Å²) >= 11 is 0. The fraction of sp³-hybridized carbons (Fsp3) is 0.444. The molecule has 26 heavy (non-hydrogen) atoms. The maximum absolute atomic E-state index is 14.2. The second kappa shape index (κ2) is 9.30. The molecule has 1 aromatic carbocycles. The number of guanidine groups is 1. The van der Waals surface area contributed by atoms with E-state index < -0.39 is 0 Å². The Bertz CT molecular complexity index is 712. The lowest BCUT2D eigenvalue weighted by atomic mass is 10.2. The van der Waals surface area contributed by atoms with Crippen LogP contribution in [0.15, 0.2) is 41.9 Å². The number of nitrogens with zero attached hydrogens (tertiary/aromatic N) is 4. The first-order valence-electron chi connectivity index (χ1n) is 8.83. The summed E-state index contributed by atoms with van der Waals surface area (Å²) in [5.74, 6) is 0.0683. The van der Waals surface area contributed by atoms with Gasteiger partial charge in [0.2, 0.25) is 0 Å². The van der Waals surface area contributed by atoms with Crippen LogP contribution in [0.4, 0.5) is 4.39 Å². The van der Waals surface area contributed by atoms with Crippen LogP contribution >= 0.6 is 0 Å². The van der Waals surface area contributed by atoms with Gasteiger partial charge in [0.1, 0.15) is 5.82 Å². The van der Waals surface area contributed by atoms with Crippen molar-refractivity contribution in [3.63, 3.8) is 0 Å².